The van der Waals surface area contributed by atoms with Gasteiger partial charge in [0.1, 0.15) is 5.82 Å². The number of hydrogen-bond acceptors (Lipinski definition) is 3. The number of carboxylic acids is 1. The molecule has 0 saturated carbocycles. The van der Waals surface area contributed by atoms with E-state index >= 15 is 0 Å². The van der Waals surface area contributed by atoms with Crippen LogP contribution in [0.3, 0.4) is 0 Å². The lowest BCUT2D eigenvalue weighted by molar-refractivity contribution is -0.137. The maximum atomic E-state index is 13.6. The third-order valence-electron chi connectivity index (χ3n) is 3.31. The Hall–Kier alpha value is -2.40. The molecule has 0 fully saturated rings. The Balaban J connectivity index is 1.93. The van der Waals surface area contributed by atoms with Gasteiger partial charge in [-0.05, 0) is 36.6 Å². The molecule has 0 aliphatic carbocycles. The predicted molar refractivity (Wildman–Crippen MR) is 82.0 cm³/mol. The topological polar surface area (TPSA) is 69.6 Å². The molecule has 4 nitrogen and oxygen atoms in total. The molecule has 5 heteroatoms. The molecule has 0 bridgehead atoms. The lowest BCUT2D eigenvalue weighted by atomic mass is 10.1. The molecule has 116 valence electrons. The van der Waals surface area contributed by atoms with E-state index in [4.69, 9.17) is 5.11 Å². The number of aliphatic carboxylic acids is 1. The van der Waals surface area contributed by atoms with Gasteiger partial charge < -0.3 is 15.5 Å². The van der Waals surface area contributed by atoms with E-state index in [9.17, 15) is 14.3 Å². The molecule has 2 aromatic rings. The Morgan fingerprint density at radius 2 is 1.82 bits per heavy atom. The summed E-state index contributed by atoms with van der Waals surface area (Å²) in [5.74, 6) is -1.26. The molecule has 0 heterocycles. The van der Waals surface area contributed by atoms with E-state index in [0.29, 0.717) is 18.5 Å². The molecule has 1 unspecified atom stereocenters. The van der Waals surface area contributed by atoms with E-state index in [2.05, 4.69) is 5.32 Å². The second kappa shape index (κ2) is 7.56. The molecule has 3 N–H and O–H groups in total. The molecule has 0 saturated heterocycles. The number of aliphatic hydroxyl groups excluding tert-OH is 1. The third-order valence-corrected chi connectivity index (χ3v) is 3.31. The van der Waals surface area contributed by atoms with Crippen LogP contribution in [0.4, 0.5) is 10.1 Å². The standard InChI is InChI=1S/C17H18FNO3/c18-15-6-2-1-5-14(15)17(22)19-13-10-8-12(9-11-13)4-3-7-16(20)21/h1-2,5-6,8-11,17,19,22H,3-4,7H2,(H,20,21). The zero-order valence-electron chi connectivity index (χ0n) is 12.0. The van der Waals surface area contributed by atoms with Crippen molar-refractivity contribution in [3.8, 4) is 0 Å². The summed E-state index contributed by atoms with van der Waals surface area (Å²) in [5, 5.41) is 21.4. The molecule has 0 aliphatic rings. The molecule has 2 rings (SSSR count). The van der Waals surface area contributed by atoms with Crippen LogP contribution in [0.1, 0.15) is 30.2 Å². The van der Waals surface area contributed by atoms with Crippen LogP contribution in [0.15, 0.2) is 48.5 Å². The minimum absolute atomic E-state index is 0.145. The smallest absolute Gasteiger partial charge is 0.303 e. The number of benzene rings is 2. The molecular weight excluding hydrogens is 285 g/mol. The summed E-state index contributed by atoms with van der Waals surface area (Å²) in [7, 11) is 0. The highest BCUT2D eigenvalue weighted by Gasteiger charge is 2.11. The van der Waals surface area contributed by atoms with Gasteiger partial charge in [0.2, 0.25) is 0 Å². The van der Waals surface area contributed by atoms with Crippen LogP contribution in [0.5, 0.6) is 0 Å². The molecule has 1 atom stereocenters. The summed E-state index contributed by atoms with van der Waals surface area (Å²) in [6.45, 7) is 0. The Morgan fingerprint density at radius 3 is 2.45 bits per heavy atom. The summed E-state index contributed by atoms with van der Waals surface area (Å²) in [6, 6.07) is 13.3. The minimum atomic E-state index is -1.13. The molecular formula is C17H18FNO3. The van der Waals surface area contributed by atoms with Crippen LogP contribution in [-0.2, 0) is 11.2 Å². The van der Waals surface area contributed by atoms with Crippen molar-refractivity contribution >= 4 is 11.7 Å². The first kappa shape index (κ1) is 16.0. The molecule has 2 aromatic carbocycles. The summed E-state index contributed by atoms with van der Waals surface area (Å²) in [4.78, 5) is 10.5. The van der Waals surface area contributed by atoms with Crippen molar-refractivity contribution in [3.05, 3.63) is 65.5 Å². The van der Waals surface area contributed by atoms with E-state index in [0.717, 1.165) is 5.56 Å². The van der Waals surface area contributed by atoms with Crippen molar-refractivity contribution in [3.63, 3.8) is 0 Å². The van der Waals surface area contributed by atoms with E-state index in [1.165, 1.54) is 12.1 Å². The van der Waals surface area contributed by atoms with Gasteiger partial charge in [-0.25, -0.2) is 4.39 Å². The SMILES string of the molecule is O=C(O)CCCc1ccc(NC(O)c2ccccc2F)cc1. The van der Waals surface area contributed by atoms with E-state index in [1.807, 2.05) is 12.1 Å². The van der Waals surface area contributed by atoms with Crippen LogP contribution >= 0.6 is 0 Å². The summed E-state index contributed by atoms with van der Waals surface area (Å²) >= 11 is 0. The van der Waals surface area contributed by atoms with Crippen molar-refractivity contribution in [1.82, 2.24) is 0 Å². The number of hydrogen-bond donors (Lipinski definition) is 3. The van der Waals surface area contributed by atoms with E-state index in [-0.39, 0.29) is 12.0 Å². The number of nitrogens with one attached hydrogen (secondary N) is 1. The Morgan fingerprint density at radius 1 is 1.14 bits per heavy atom. The highest BCUT2D eigenvalue weighted by molar-refractivity contribution is 5.66. The van der Waals surface area contributed by atoms with Gasteiger partial charge in [0.05, 0.1) is 0 Å². The molecule has 0 radical (unpaired) electrons. The number of carbonyl (C=O) groups is 1. The van der Waals surface area contributed by atoms with E-state index < -0.39 is 18.0 Å². The number of carboxylic acid groups (broad SMARTS) is 1. The molecule has 0 amide bonds. The fourth-order valence-corrected chi connectivity index (χ4v) is 2.14. The third kappa shape index (κ3) is 4.56. The monoisotopic (exact) mass is 303 g/mol. The average molecular weight is 303 g/mol. The second-order valence-electron chi connectivity index (χ2n) is 5.01. The van der Waals surface area contributed by atoms with Crippen LogP contribution in [-0.4, -0.2) is 16.2 Å². The fraction of sp³-hybridized carbons (Fsp3) is 0.235. The lowest BCUT2D eigenvalue weighted by Gasteiger charge is -2.15. The summed E-state index contributed by atoms with van der Waals surface area (Å²) in [6.07, 6.45) is 0.285. The zero-order chi connectivity index (χ0) is 15.9. The van der Waals surface area contributed by atoms with Crippen LogP contribution in [0, 0.1) is 5.82 Å². The number of aryl methyl sites for hydroxylation is 1. The van der Waals surface area contributed by atoms with Gasteiger partial charge >= 0.3 is 5.97 Å². The fourth-order valence-electron chi connectivity index (χ4n) is 2.14. The number of aliphatic hydroxyl groups is 1. The van der Waals surface area contributed by atoms with Gasteiger partial charge in [0.25, 0.3) is 0 Å². The maximum absolute atomic E-state index is 13.6. The second-order valence-corrected chi connectivity index (χ2v) is 5.01. The van der Waals surface area contributed by atoms with Crippen molar-refractivity contribution in [2.24, 2.45) is 0 Å². The van der Waals surface area contributed by atoms with Crippen molar-refractivity contribution < 1.29 is 19.4 Å². The first-order valence-electron chi connectivity index (χ1n) is 7.06. The first-order valence-corrected chi connectivity index (χ1v) is 7.06. The van der Waals surface area contributed by atoms with Gasteiger partial charge in [0, 0.05) is 17.7 Å². The summed E-state index contributed by atoms with van der Waals surface area (Å²) < 4.78 is 13.6. The predicted octanol–water partition coefficient (Wildman–Crippen LogP) is 3.34. The van der Waals surface area contributed by atoms with Gasteiger partial charge in [-0.3, -0.25) is 4.79 Å². The molecule has 0 spiro atoms. The summed E-state index contributed by atoms with van der Waals surface area (Å²) in [5.41, 5.74) is 1.87. The maximum Gasteiger partial charge on any atom is 0.303 e. The molecule has 0 aliphatic heterocycles. The van der Waals surface area contributed by atoms with Gasteiger partial charge in [-0.15, -0.1) is 0 Å². The quantitative estimate of drug-likeness (QED) is 0.686. The number of rotatable bonds is 7. The lowest BCUT2D eigenvalue weighted by Crippen LogP contribution is -2.11. The molecule has 22 heavy (non-hydrogen) atoms. The van der Waals surface area contributed by atoms with Gasteiger partial charge in [0.15, 0.2) is 6.23 Å². The molecule has 0 aromatic heterocycles. The van der Waals surface area contributed by atoms with Crippen LogP contribution < -0.4 is 5.32 Å². The highest BCUT2D eigenvalue weighted by Crippen LogP contribution is 2.20. The normalized spacial score (nSPS) is 11.9. The average Bonchev–Trinajstić information content (AvgIpc) is 2.49. The zero-order valence-corrected chi connectivity index (χ0v) is 12.0. The highest BCUT2D eigenvalue weighted by atomic mass is 19.1. The largest absolute Gasteiger partial charge is 0.481 e. The Kier molecular flexibility index (Phi) is 5.49. The van der Waals surface area contributed by atoms with Crippen molar-refractivity contribution in [2.75, 3.05) is 5.32 Å². The van der Waals surface area contributed by atoms with E-state index in [1.54, 1.807) is 24.3 Å². The van der Waals surface area contributed by atoms with Crippen molar-refractivity contribution in [2.45, 2.75) is 25.5 Å². The Bertz CT molecular complexity index is 628. The van der Waals surface area contributed by atoms with Gasteiger partial charge in [-0.1, -0.05) is 30.3 Å². The van der Waals surface area contributed by atoms with Crippen LogP contribution in [0.2, 0.25) is 0 Å². The Labute approximate surface area is 128 Å². The van der Waals surface area contributed by atoms with Crippen LogP contribution in [0.25, 0.3) is 0 Å². The first-order chi connectivity index (χ1) is 10.6. The van der Waals surface area contributed by atoms with Gasteiger partial charge in [-0.2, -0.15) is 0 Å². The minimum Gasteiger partial charge on any atom is -0.481 e. The number of halogens is 1. The van der Waals surface area contributed by atoms with Crippen molar-refractivity contribution in [1.29, 1.82) is 0 Å². The number of anilines is 1.